The number of benzene rings is 1. The van der Waals surface area contributed by atoms with E-state index >= 15 is 0 Å². The van der Waals surface area contributed by atoms with Gasteiger partial charge >= 0.3 is 11.9 Å². The molecule has 212 valence electrons. The topological polar surface area (TPSA) is 80.6 Å². The van der Waals surface area contributed by atoms with Gasteiger partial charge in [0.25, 0.3) is 0 Å². The Kier molecular flexibility index (Phi) is 6.82. The highest BCUT2D eigenvalue weighted by Gasteiger charge is 2.36. The van der Waals surface area contributed by atoms with Crippen LogP contribution in [0.15, 0.2) is 53.8 Å². The zero-order valence-corrected chi connectivity index (χ0v) is 22.6. The molecule has 1 saturated heterocycles. The second kappa shape index (κ2) is 10.2. The molecule has 2 aliphatic rings. The number of nitrogens with zero attached hydrogens (tertiary/aromatic N) is 6. The number of fused-ring (bicyclic) bond motifs is 1. The molecule has 40 heavy (non-hydrogen) atoms. The molecule has 4 heterocycles. The van der Waals surface area contributed by atoms with Gasteiger partial charge in [0.05, 0.1) is 22.9 Å². The number of likely N-dealkylation sites (tertiary alicyclic amines) is 1. The van der Waals surface area contributed by atoms with E-state index in [9.17, 15) is 23.1 Å². The van der Waals surface area contributed by atoms with Crippen LogP contribution in [0.4, 0.5) is 13.2 Å². The molecule has 11 heteroatoms. The lowest BCUT2D eigenvalue weighted by molar-refractivity contribution is -0.136. The number of hydrogen-bond acceptors (Lipinski definition) is 5. The molecule has 1 aliphatic carbocycles. The quantitative estimate of drug-likeness (QED) is 0.383. The maximum Gasteiger partial charge on any atom is 0.418 e. The summed E-state index contributed by atoms with van der Waals surface area (Å²) >= 11 is 0. The Morgan fingerprint density at radius 2 is 1.95 bits per heavy atom. The van der Waals surface area contributed by atoms with Gasteiger partial charge in [0, 0.05) is 45.0 Å². The van der Waals surface area contributed by atoms with Crippen LogP contribution in [0.3, 0.4) is 0 Å². The van der Waals surface area contributed by atoms with Gasteiger partial charge < -0.3 is 9.67 Å². The number of imidazole rings is 1. The molecule has 8 nitrogen and oxygen atoms in total. The number of pyridine rings is 1. The smallest absolute Gasteiger partial charge is 0.392 e. The minimum atomic E-state index is -4.64. The van der Waals surface area contributed by atoms with Crippen LogP contribution in [-0.4, -0.2) is 52.9 Å². The molecule has 3 aromatic heterocycles. The molecule has 1 aromatic carbocycles. The van der Waals surface area contributed by atoms with Crippen LogP contribution in [0.1, 0.15) is 61.0 Å². The number of β-amino-alcohol motifs (C(OH)–C–C–N with tert-alkyl or cyclic N) is 1. The van der Waals surface area contributed by atoms with Crippen LogP contribution >= 0.6 is 0 Å². The highest BCUT2D eigenvalue weighted by Crippen LogP contribution is 2.43. The lowest BCUT2D eigenvalue weighted by Gasteiger charge is -2.34. The van der Waals surface area contributed by atoms with Crippen LogP contribution in [0.2, 0.25) is 0 Å². The van der Waals surface area contributed by atoms with E-state index in [-0.39, 0.29) is 23.9 Å². The van der Waals surface area contributed by atoms with Gasteiger partial charge in [-0.25, -0.2) is 4.79 Å². The molecule has 1 N–H and O–H groups in total. The van der Waals surface area contributed by atoms with Gasteiger partial charge in [0.1, 0.15) is 12.2 Å². The van der Waals surface area contributed by atoms with Crippen LogP contribution in [-0.2, 0) is 19.8 Å². The lowest BCUT2D eigenvalue weighted by atomic mass is 9.72. The van der Waals surface area contributed by atoms with Gasteiger partial charge in [-0.1, -0.05) is 25.5 Å². The third-order valence-electron chi connectivity index (χ3n) is 8.40. The fourth-order valence-electron chi connectivity index (χ4n) is 6.41. The molecular weight excluding hydrogens is 521 g/mol. The number of piperidine rings is 1. The van der Waals surface area contributed by atoms with Crippen molar-refractivity contribution in [3.8, 4) is 5.69 Å². The third-order valence-corrected chi connectivity index (χ3v) is 8.40. The van der Waals surface area contributed by atoms with Crippen molar-refractivity contribution in [2.45, 2.75) is 57.3 Å². The summed E-state index contributed by atoms with van der Waals surface area (Å²) in [5.74, 6) is 1.43. The minimum absolute atomic E-state index is 0.0199. The average Bonchev–Trinajstić information content (AvgIpc) is 3.42. The summed E-state index contributed by atoms with van der Waals surface area (Å²) in [4.78, 5) is 15.5. The Bertz CT molecular complexity index is 1570. The van der Waals surface area contributed by atoms with Crippen LogP contribution in [0, 0.1) is 11.8 Å². The second-order valence-electron chi connectivity index (χ2n) is 11.5. The van der Waals surface area contributed by atoms with E-state index < -0.39 is 23.5 Å². The number of halogens is 3. The minimum Gasteiger partial charge on any atom is -0.392 e. The molecule has 0 spiro atoms. The molecule has 0 amide bonds. The maximum atomic E-state index is 14.2. The van der Waals surface area contributed by atoms with Crippen LogP contribution in [0.25, 0.3) is 11.2 Å². The first kappa shape index (κ1) is 26.8. The first-order valence-electron chi connectivity index (χ1n) is 13.8. The highest BCUT2D eigenvalue weighted by atomic mass is 19.4. The van der Waals surface area contributed by atoms with Crippen molar-refractivity contribution in [1.29, 1.82) is 0 Å². The van der Waals surface area contributed by atoms with Crippen molar-refractivity contribution >= 4 is 5.52 Å². The molecule has 6 rings (SSSR count). The number of hydrogen-bond donors (Lipinski definition) is 1. The predicted molar refractivity (Wildman–Crippen MR) is 143 cm³/mol. The van der Waals surface area contributed by atoms with Crippen molar-refractivity contribution in [2.75, 3.05) is 13.1 Å². The molecule has 2 fully saturated rings. The molecule has 0 unspecified atom stereocenters. The van der Waals surface area contributed by atoms with E-state index in [1.54, 1.807) is 12.4 Å². The summed E-state index contributed by atoms with van der Waals surface area (Å²) in [5, 5.41) is 18.6. The largest absolute Gasteiger partial charge is 0.418 e. The van der Waals surface area contributed by atoms with E-state index in [1.165, 1.54) is 17.0 Å². The van der Waals surface area contributed by atoms with E-state index in [0.29, 0.717) is 36.7 Å². The number of aromatic nitrogens is 5. The molecule has 1 saturated carbocycles. The lowest BCUT2D eigenvalue weighted by Crippen LogP contribution is -2.41. The Hall–Kier alpha value is -3.44. The molecule has 3 atom stereocenters. The zero-order chi connectivity index (χ0) is 28.2. The van der Waals surface area contributed by atoms with Crippen LogP contribution in [0.5, 0.6) is 0 Å². The standard InChI is InChI=1S/C29H33F3N6O2/c1-18-9-23(39)15-36(12-18)13-19-10-24(29(30,31)32)25-16-37(28(40)38(25)14-19)22-8-4-7-21(11-22)26(20-5-3-6-20)27-34-33-17-35(27)2/h4,7-8,10-11,14,16-18,20,23,26,39H,3,5-6,9,12-13,15H2,1-2H3/t18-,23+,26-/m1/s1. The number of rotatable bonds is 6. The van der Waals surface area contributed by atoms with Crippen molar-refractivity contribution in [2.24, 2.45) is 18.9 Å². The van der Waals surface area contributed by atoms with Gasteiger partial charge in [0.2, 0.25) is 0 Å². The molecule has 0 bridgehead atoms. The summed E-state index contributed by atoms with van der Waals surface area (Å²) in [6.07, 6.45) is 3.20. The molecule has 1 aliphatic heterocycles. The zero-order valence-electron chi connectivity index (χ0n) is 22.6. The summed E-state index contributed by atoms with van der Waals surface area (Å²) in [5.41, 5.74) is 0.222. The van der Waals surface area contributed by atoms with Crippen molar-refractivity contribution in [3.05, 3.63) is 82.1 Å². The van der Waals surface area contributed by atoms with Crippen molar-refractivity contribution in [1.82, 2.24) is 28.6 Å². The van der Waals surface area contributed by atoms with Gasteiger partial charge in [-0.05, 0) is 60.4 Å². The number of aryl methyl sites for hydroxylation is 1. The Balaban J connectivity index is 1.42. The van der Waals surface area contributed by atoms with Gasteiger partial charge in [-0.2, -0.15) is 13.2 Å². The summed E-state index contributed by atoms with van der Waals surface area (Å²) < 4.78 is 47.0. The highest BCUT2D eigenvalue weighted by molar-refractivity contribution is 5.58. The monoisotopic (exact) mass is 554 g/mol. The fourth-order valence-corrected chi connectivity index (χ4v) is 6.41. The summed E-state index contributed by atoms with van der Waals surface area (Å²) in [6, 6.07) is 8.56. The summed E-state index contributed by atoms with van der Waals surface area (Å²) in [6.45, 7) is 3.29. The molecule has 4 aromatic rings. The van der Waals surface area contributed by atoms with Crippen LogP contribution < -0.4 is 5.69 Å². The molecular formula is C29H33F3N6O2. The van der Waals surface area contributed by atoms with E-state index in [0.717, 1.165) is 41.1 Å². The van der Waals surface area contributed by atoms with Gasteiger partial charge in [-0.15, -0.1) is 10.2 Å². The third kappa shape index (κ3) is 4.96. The maximum absolute atomic E-state index is 14.2. The van der Waals surface area contributed by atoms with Gasteiger partial charge in [-0.3, -0.25) is 13.9 Å². The van der Waals surface area contributed by atoms with E-state index in [4.69, 9.17) is 0 Å². The number of aliphatic hydroxyl groups excluding tert-OH is 1. The average molecular weight is 555 g/mol. The fraction of sp³-hybridized carbons (Fsp3) is 0.483. The summed E-state index contributed by atoms with van der Waals surface area (Å²) in [7, 11) is 1.90. The SMILES string of the molecule is C[C@@H]1C[C@H](O)CN(Cc2cc(C(F)(F)F)c3cn(-c4cccc([C@H](c5nncn5C)C5CCC5)c4)c(=O)n3c2)C1. The Morgan fingerprint density at radius 3 is 2.60 bits per heavy atom. The van der Waals surface area contributed by atoms with E-state index in [1.807, 2.05) is 41.6 Å². The van der Waals surface area contributed by atoms with Gasteiger partial charge in [0.15, 0.2) is 0 Å². The number of alkyl halides is 3. The normalized spacial score (nSPS) is 21.6. The second-order valence-corrected chi connectivity index (χ2v) is 11.5. The number of aliphatic hydroxyl groups is 1. The first-order chi connectivity index (χ1) is 19.1. The van der Waals surface area contributed by atoms with Crippen molar-refractivity contribution in [3.63, 3.8) is 0 Å². The van der Waals surface area contributed by atoms with Crippen molar-refractivity contribution < 1.29 is 18.3 Å². The van der Waals surface area contributed by atoms with E-state index in [2.05, 4.69) is 10.2 Å². The Morgan fingerprint density at radius 1 is 1.15 bits per heavy atom. The Labute approximate surface area is 229 Å². The predicted octanol–water partition coefficient (Wildman–Crippen LogP) is 4.37. The molecule has 0 radical (unpaired) electrons. The first-order valence-corrected chi connectivity index (χ1v) is 13.8.